The summed E-state index contributed by atoms with van der Waals surface area (Å²) in [7, 11) is 0. The van der Waals surface area contributed by atoms with Crippen molar-refractivity contribution in [3.05, 3.63) is 32.7 Å². The van der Waals surface area contributed by atoms with Crippen LogP contribution >= 0.6 is 31.9 Å². The van der Waals surface area contributed by atoms with Crippen molar-refractivity contribution in [3.63, 3.8) is 0 Å². The van der Waals surface area contributed by atoms with Gasteiger partial charge in [-0.1, -0.05) is 37.9 Å². The first-order valence-corrected chi connectivity index (χ1v) is 6.14. The second kappa shape index (κ2) is 3.67. The SMILES string of the molecule is N#CC1(c2c(Br)cccc2Br)CCC1. The van der Waals surface area contributed by atoms with Crippen molar-refractivity contribution >= 4 is 31.9 Å². The third-order valence-corrected chi connectivity index (χ3v) is 4.18. The van der Waals surface area contributed by atoms with Crippen molar-refractivity contribution in [2.24, 2.45) is 0 Å². The minimum Gasteiger partial charge on any atom is -0.197 e. The van der Waals surface area contributed by atoms with Gasteiger partial charge in [-0.3, -0.25) is 0 Å². The molecule has 0 aromatic heterocycles. The van der Waals surface area contributed by atoms with Crippen molar-refractivity contribution < 1.29 is 0 Å². The highest BCUT2D eigenvalue weighted by Crippen LogP contribution is 2.48. The van der Waals surface area contributed by atoms with Gasteiger partial charge in [0, 0.05) is 14.5 Å². The molecule has 0 amide bonds. The van der Waals surface area contributed by atoms with E-state index in [4.69, 9.17) is 0 Å². The summed E-state index contributed by atoms with van der Waals surface area (Å²) in [5.74, 6) is 0. The summed E-state index contributed by atoms with van der Waals surface area (Å²) in [4.78, 5) is 0. The predicted molar refractivity (Wildman–Crippen MR) is 63.0 cm³/mol. The summed E-state index contributed by atoms with van der Waals surface area (Å²) in [6, 6.07) is 8.42. The van der Waals surface area contributed by atoms with Crippen LogP contribution in [0.5, 0.6) is 0 Å². The molecule has 0 radical (unpaired) electrons. The molecule has 0 atom stereocenters. The molecular weight excluding hydrogens is 306 g/mol. The fourth-order valence-electron chi connectivity index (χ4n) is 1.90. The van der Waals surface area contributed by atoms with Crippen LogP contribution in [-0.2, 0) is 5.41 Å². The Kier molecular flexibility index (Phi) is 2.68. The van der Waals surface area contributed by atoms with Gasteiger partial charge in [0.15, 0.2) is 0 Å². The molecular formula is C11H9Br2N. The van der Waals surface area contributed by atoms with Crippen molar-refractivity contribution in [1.82, 2.24) is 0 Å². The lowest BCUT2D eigenvalue weighted by Crippen LogP contribution is -2.33. The van der Waals surface area contributed by atoms with Gasteiger partial charge in [-0.25, -0.2) is 0 Å². The molecule has 1 aliphatic rings. The molecule has 1 saturated carbocycles. The van der Waals surface area contributed by atoms with Crippen molar-refractivity contribution in [1.29, 1.82) is 5.26 Å². The van der Waals surface area contributed by atoms with Gasteiger partial charge in [0.2, 0.25) is 0 Å². The molecule has 0 saturated heterocycles. The van der Waals surface area contributed by atoms with Gasteiger partial charge in [0.05, 0.1) is 11.5 Å². The van der Waals surface area contributed by atoms with Crippen LogP contribution < -0.4 is 0 Å². The first-order chi connectivity index (χ1) is 6.69. The van der Waals surface area contributed by atoms with E-state index in [1.165, 1.54) is 0 Å². The summed E-state index contributed by atoms with van der Waals surface area (Å²) < 4.78 is 2.07. The maximum absolute atomic E-state index is 9.25. The topological polar surface area (TPSA) is 23.8 Å². The third-order valence-electron chi connectivity index (χ3n) is 2.86. The van der Waals surface area contributed by atoms with E-state index in [1.54, 1.807) is 0 Å². The van der Waals surface area contributed by atoms with E-state index in [1.807, 2.05) is 18.2 Å². The monoisotopic (exact) mass is 313 g/mol. The van der Waals surface area contributed by atoms with Crippen LogP contribution in [0.15, 0.2) is 27.1 Å². The molecule has 0 aliphatic heterocycles. The molecule has 0 heterocycles. The highest BCUT2D eigenvalue weighted by Gasteiger charge is 2.41. The average Bonchev–Trinajstić information content (AvgIpc) is 2.08. The zero-order valence-corrected chi connectivity index (χ0v) is 10.7. The summed E-state index contributed by atoms with van der Waals surface area (Å²) in [6.07, 6.45) is 3.11. The molecule has 0 bridgehead atoms. The minimum absolute atomic E-state index is 0.251. The van der Waals surface area contributed by atoms with E-state index in [0.29, 0.717) is 0 Å². The summed E-state index contributed by atoms with van der Waals surface area (Å²) >= 11 is 7.03. The molecule has 72 valence electrons. The van der Waals surface area contributed by atoms with Crippen LogP contribution in [0.25, 0.3) is 0 Å². The van der Waals surface area contributed by atoms with E-state index in [2.05, 4.69) is 37.9 Å². The summed E-state index contributed by atoms with van der Waals surface area (Å²) in [6.45, 7) is 0. The Balaban J connectivity index is 2.56. The molecule has 3 heteroatoms. The molecule has 2 rings (SSSR count). The Hall–Kier alpha value is -0.330. The molecule has 0 unspecified atom stereocenters. The van der Waals surface area contributed by atoms with Gasteiger partial charge >= 0.3 is 0 Å². The molecule has 1 aromatic rings. The lowest BCUT2D eigenvalue weighted by Gasteiger charge is -2.37. The number of hydrogen-bond acceptors (Lipinski definition) is 1. The summed E-state index contributed by atoms with van der Waals surface area (Å²) in [5.41, 5.74) is 0.868. The molecule has 0 spiro atoms. The number of hydrogen-bond donors (Lipinski definition) is 0. The molecule has 1 aromatic carbocycles. The first-order valence-electron chi connectivity index (χ1n) is 4.55. The molecule has 0 N–H and O–H groups in total. The number of nitrogens with zero attached hydrogens (tertiary/aromatic N) is 1. The molecule has 14 heavy (non-hydrogen) atoms. The molecule has 1 fully saturated rings. The lowest BCUT2D eigenvalue weighted by molar-refractivity contribution is 0.321. The van der Waals surface area contributed by atoms with Crippen LogP contribution in [0, 0.1) is 11.3 Å². The van der Waals surface area contributed by atoms with Gasteiger partial charge in [-0.2, -0.15) is 5.26 Å². The van der Waals surface area contributed by atoms with Crippen molar-refractivity contribution in [2.45, 2.75) is 24.7 Å². The van der Waals surface area contributed by atoms with Crippen molar-refractivity contribution in [3.8, 4) is 6.07 Å². The zero-order chi connectivity index (χ0) is 10.2. The van der Waals surface area contributed by atoms with Gasteiger partial charge in [0.1, 0.15) is 0 Å². The van der Waals surface area contributed by atoms with Crippen LogP contribution in [0.1, 0.15) is 24.8 Å². The smallest absolute Gasteiger partial charge is 0.0844 e. The Labute approximate surface area is 100 Å². The van der Waals surface area contributed by atoms with Gasteiger partial charge in [0.25, 0.3) is 0 Å². The van der Waals surface area contributed by atoms with Gasteiger partial charge in [-0.15, -0.1) is 0 Å². The van der Waals surface area contributed by atoms with Crippen LogP contribution in [0.2, 0.25) is 0 Å². The molecule has 1 aliphatic carbocycles. The quantitative estimate of drug-likeness (QED) is 0.763. The lowest BCUT2D eigenvalue weighted by atomic mass is 9.65. The maximum atomic E-state index is 9.25. The van der Waals surface area contributed by atoms with E-state index < -0.39 is 0 Å². The number of rotatable bonds is 1. The average molecular weight is 315 g/mol. The summed E-state index contributed by atoms with van der Waals surface area (Å²) in [5, 5.41) is 9.25. The highest BCUT2D eigenvalue weighted by molar-refractivity contribution is 9.11. The van der Waals surface area contributed by atoms with Gasteiger partial charge < -0.3 is 0 Å². The van der Waals surface area contributed by atoms with Crippen molar-refractivity contribution in [2.75, 3.05) is 0 Å². The fraction of sp³-hybridized carbons (Fsp3) is 0.364. The number of benzene rings is 1. The Morgan fingerprint density at radius 3 is 2.14 bits per heavy atom. The number of nitriles is 1. The highest BCUT2D eigenvalue weighted by atomic mass is 79.9. The Bertz CT molecular complexity index is 382. The minimum atomic E-state index is -0.251. The number of halogens is 2. The third kappa shape index (κ3) is 1.41. The van der Waals surface area contributed by atoms with E-state index in [0.717, 1.165) is 33.8 Å². The second-order valence-electron chi connectivity index (χ2n) is 3.64. The van der Waals surface area contributed by atoms with E-state index >= 15 is 0 Å². The zero-order valence-electron chi connectivity index (χ0n) is 7.56. The van der Waals surface area contributed by atoms with Crippen LogP contribution in [-0.4, -0.2) is 0 Å². The van der Waals surface area contributed by atoms with Crippen LogP contribution in [0.4, 0.5) is 0 Å². The Morgan fingerprint density at radius 2 is 1.79 bits per heavy atom. The van der Waals surface area contributed by atoms with Crippen LogP contribution in [0.3, 0.4) is 0 Å². The fourth-order valence-corrected chi connectivity index (χ4v) is 3.66. The predicted octanol–water partition coefficient (Wildman–Crippen LogP) is 4.16. The Morgan fingerprint density at radius 1 is 1.21 bits per heavy atom. The standard InChI is InChI=1S/C11H9Br2N/c12-8-3-1-4-9(13)10(8)11(7-14)5-2-6-11/h1,3-4H,2,5-6H2. The maximum Gasteiger partial charge on any atom is 0.0844 e. The van der Waals surface area contributed by atoms with E-state index in [-0.39, 0.29) is 5.41 Å². The van der Waals surface area contributed by atoms with Gasteiger partial charge in [-0.05, 0) is 31.4 Å². The van der Waals surface area contributed by atoms with E-state index in [9.17, 15) is 5.26 Å². The first kappa shape index (κ1) is 10.2. The second-order valence-corrected chi connectivity index (χ2v) is 5.35. The normalized spacial score (nSPS) is 18.4. The molecule has 1 nitrogen and oxygen atoms in total. The largest absolute Gasteiger partial charge is 0.197 e.